The van der Waals surface area contributed by atoms with Crippen LogP contribution in [0.25, 0.3) is 0 Å². The van der Waals surface area contributed by atoms with Crippen molar-refractivity contribution in [2.75, 3.05) is 6.54 Å². The van der Waals surface area contributed by atoms with Gasteiger partial charge in [-0.15, -0.1) is 0 Å². The summed E-state index contributed by atoms with van der Waals surface area (Å²) in [6, 6.07) is 11.2. The second kappa shape index (κ2) is 8.12. The Morgan fingerprint density at radius 2 is 1.96 bits per heavy atom. The van der Waals surface area contributed by atoms with Crippen molar-refractivity contribution in [1.82, 2.24) is 15.6 Å². The zero-order valence-corrected chi connectivity index (χ0v) is 13.1. The fourth-order valence-corrected chi connectivity index (χ4v) is 1.99. The van der Waals surface area contributed by atoms with Crippen molar-refractivity contribution in [3.63, 3.8) is 0 Å². The van der Waals surface area contributed by atoms with E-state index in [1.54, 1.807) is 31.3 Å². The second-order valence-corrected chi connectivity index (χ2v) is 5.19. The molecule has 0 aliphatic heterocycles. The summed E-state index contributed by atoms with van der Waals surface area (Å²) >= 11 is 0. The molecule has 0 aliphatic carbocycles. The Morgan fingerprint density at radius 1 is 1.22 bits per heavy atom. The summed E-state index contributed by atoms with van der Waals surface area (Å²) in [5.74, 6) is -0.253. The van der Waals surface area contributed by atoms with Crippen LogP contribution in [0.15, 0.2) is 48.7 Å². The van der Waals surface area contributed by atoms with Crippen molar-refractivity contribution in [3.8, 4) is 5.75 Å². The zero-order chi connectivity index (χ0) is 16.7. The molecule has 2 rings (SSSR count). The van der Waals surface area contributed by atoms with Crippen LogP contribution in [-0.2, 0) is 0 Å². The van der Waals surface area contributed by atoms with E-state index < -0.39 is 5.82 Å². The number of pyridine rings is 1. The molecule has 0 aliphatic rings. The predicted octanol–water partition coefficient (Wildman–Crippen LogP) is 3.05. The Balaban J connectivity index is 1.77. The normalized spacial score (nSPS) is 13.0. The van der Waals surface area contributed by atoms with Gasteiger partial charge in [0.2, 0.25) is 0 Å². The first-order valence-electron chi connectivity index (χ1n) is 7.42. The highest BCUT2D eigenvalue weighted by Crippen LogP contribution is 2.16. The summed E-state index contributed by atoms with van der Waals surface area (Å²) in [5.41, 5.74) is 0.776. The SMILES string of the molecule is C[C@@H](CNC(=O)N[C@H](C)c1ccccn1)Oc1ccccc1F. The van der Waals surface area contributed by atoms with E-state index in [9.17, 15) is 9.18 Å². The minimum absolute atomic E-state index is 0.170. The molecule has 0 saturated carbocycles. The summed E-state index contributed by atoms with van der Waals surface area (Å²) in [4.78, 5) is 16.1. The summed E-state index contributed by atoms with van der Waals surface area (Å²) < 4.78 is 18.9. The number of rotatable bonds is 6. The highest BCUT2D eigenvalue weighted by atomic mass is 19.1. The molecular formula is C17H20FN3O2. The number of nitrogens with one attached hydrogen (secondary N) is 2. The van der Waals surface area contributed by atoms with Crippen LogP contribution in [0, 0.1) is 5.82 Å². The summed E-state index contributed by atoms with van der Waals surface area (Å²) in [6.07, 6.45) is 1.32. The average molecular weight is 317 g/mol. The Morgan fingerprint density at radius 3 is 2.65 bits per heavy atom. The summed E-state index contributed by atoms with van der Waals surface area (Å²) in [5, 5.41) is 5.48. The molecule has 0 fully saturated rings. The van der Waals surface area contributed by atoms with Gasteiger partial charge in [0.25, 0.3) is 0 Å². The lowest BCUT2D eigenvalue weighted by Crippen LogP contribution is -2.41. The van der Waals surface area contributed by atoms with Crippen molar-refractivity contribution >= 4 is 6.03 Å². The molecule has 0 unspecified atom stereocenters. The molecular weight excluding hydrogens is 297 g/mol. The van der Waals surface area contributed by atoms with Crippen molar-refractivity contribution in [3.05, 3.63) is 60.2 Å². The molecule has 0 spiro atoms. The van der Waals surface area contributed by atoms with E-state index in [2.05, 4.69) is 15.6 Å². The van der Waals surface area contributed by atoms with E-state index in [4.69, 9.17) is 4.74 Å². The molecule has 0 saturated heterocycles. The molecule has 2 aromatic rings. The number of halogens is 1. The van der Waals surface area contributed by atoms with Crippen molar-refractivity contribution in [2.24, 2.45) is 0 Å². The molecule has 6 heteroatoms. The third-order valence-corrected chi connectivity index (χ3v) is 3.19. The molecule has 5 nitrogen and oxygen atoms in total. The Labute approximate surface area is 134 Å². The smallest absolute Gasteiger partial charge is 0.315 e. The average Bonchev–Trinajstić information content (AvgIpc) is 2.56. The predicted molar refractivity (Wildman–Crippen MR) is 85.7 cm³/mol. The maximum atomic E-state index is 13.5. The van der Waals surface area contributed by atoms with Crippen molar-refractivity contribution < 1.29 is 13.9 Å². The molecule has 0 bridgehead atoms. The first-order chi connectivity index (χ1) is 11.1. The number of para-hydroxylation sites is 1. The lowest BCUT2D eigenvalue weighted by molar-refractivity contribution is 0.200. The van der Waals surface area contributed by atoms with Gasteiger partial charge in [0.1, 0.15) is 6.10 Å². The van der Waals surface area contributed by atoms with E-state index in [0.717, 1.165) is 5.69 Å². The van der Waals surface area contributed by atoms with Gasteiger partial charge in [0, 0.05) is 6.20 Å². The van der Waals surface area contributed by atoms with Crippen LogP contribution in [0.3, 0.4) is 0 Å². The van der Waals surface area contributed by atoms with Gasteiger partial charge >= 0.3 is 6.03 Å². The molecule has 122 valence electrons. The highest BCUT2D eigenvalue weighted by molar-refractivity contribution is 5.74. The second-order valence-electron chi connectivity index (χ2n) is 5.19. The molecule has 1 heterocycles. The molecule has 0 radical (unpaired) electrons. The van der Waals surface area contributed by atoms with Crippen molar-refractivity contribution in [2.45, 2.75) is 26.0 Å². The Bertz CT molecular complexity index is 637. The van der Waals surface area contributed by atoms with Gasteiger partial charge in [-0.25, -0.2) is 9.18 Å². The molecule has 1 aromatic heterocycles. The minimum atomic E-state index is -0.424. The largest absolute Gasteiger partial charge is 0.486 e. The number of aromatic nitrogens is 1. The molecule has 2 atom stereocenters. The molecule has 23 heavy (non-hydrogen) atoms. The number of amides is 2. The zero-order valence-electron chi connectivity index (χ0n) is 13.1. The van der Waals surface area contributed by atoms with E-state index in [1.807, 2.05) is 25.1 Å². The number of ether oxygens (including phenoxy) is 1. The van der Waals surface area contributed by atoms with E-state index in [-0.39, 0.29) is 30.5 Å². The first-order valence-corrected chi connectivity index (χ1v) is 7.42. The highest BCUT2D eigenvalue weighted by Gasteiger charge is 2.12. The van der Waals surface area contributed by atoms with E-state index in [1.165, 1.54) is 6.07 Å². The van der Waals surface area contributed by atoms with E-state index >= 15 is 0 Å². The van der Waals surface area contributed by atoms with E-state index in [0.29, 0.717) is 0 Å². The van der Waals surface area contributed by atoms with Gasteiger partial charge < -0.3 is 15.4 Å². The van der Waals surface area contributed by atoms with Crippen LogP contribution in [0.4, 0.5) is 9.18 Å². The number of hydrogen-bond acceptors (Lipinski definition) is 3. The van der Waals surface area contributed by atoms with Gasteiger partial charge in [-0.3, -0.25) is 4.98 Å². The standard InChI is InChI=1S/C17H20FN3O2/c1-12(23-16-9-4-3-7-14(16)18)11-20-17(22)21-13(2)15-8-5-6-10-19-15/h3-10,12-13H,11H2,1-2H3,(H2,20,21,22)/t12-,13+/m0/s1. The van der Waals surface area contributed by atoms with Gasteiger partial charge in [-0.05, 0) is 38.1 Å². The lowest BCUT2D eigenvalue weighted by atomic mass is 10.2. The fraction of sp³-hybridized carbons (Fsp3) is 0.294. The number of benzene rings is 1. The Kier molecular flexibility index (Phi) is 5.91. The van der Waals surface area contributed by atoms with Crippen LogP contribution in [0.2, 0.25) is 0 Å². The van der Waals surface area contributed by atoms with Crippen LogP contribution in [-0.4, -0.2) is 23.7 Å². The number of nitrogens with zero attached hydrogens (tertiary/aromatic N) is 1. The maximum absolute atomic E-state index is 13.5. The number of carbonyl (C=O) groups excluding carboxylic acids is 1. The maximum Gasteiger partial charge on any atom is 0.315 e. The topological polar surface area (TPSA) is 63.2 Å². The number of carbonyl (C=O) groups is 1. The van der Waals surface area contributed by atoms with Gasteiger partial charge in [-0.1, -0.05) is 18.2 Å². The van der Waals surface area contributed by atoms with Crippen LogP contribution >= 0.6 is 0 Å². The first kappa shape index (κ1) is 16.7. The Hall–Kier alpha value is -2.63. The fourth-order valence-electron chi connectivity index (χ4n) is 1.99. The monoisotopic (exact) mass is 317 g/mol. The van der Waals surface area contributed by atoms with Crippen LogP contribution in [0.1, 0.15) is 25.6 Å². The summed E-state index contributed by atoms with van der Waals surface area (Å²) in [6.45, 7) is 3.87. The minimum Gasteiger partial charge on any atom is -0.486 e. The van der Waals surface area contributed by atoms with Crippen LogP contribution < -0.4 is 15.4 Å². The third kappa shape index (κ3) is 5.25. The quantitative estimate of drug-likeness (QED) is 0.861. The third-order valence-electron chi connectivity index (χ3n) is 3.19. The summed E-state index contributed by atoms with van der Waals surface area (Å²) in [7, 11) is 0. The molecule has 1 aromatic carbocycles. The lowest BCUT2D eigenvalue weighted by Gasteiger charge is -2.18. The number of hydrogen-bond donors (Lipinski definition) is 2. The van der Waals surface area contributed by atoms with Gasteiger partial charge in [0.05, 0.1) is 18.3 Å². The molecule has 2 N–H and O–H groups in total. The molecule has 2 amide bonds. The van der Waals surface area contributed by atoms with Gasteiger partial charge in [0.15, 0.2) is 11.6 Å². The van der Waals surface area contributed by atoms with Crippen molar-refractivity contribution in [1.29, 1.82) is 0 Å². The number of urea groups is 1. The van der Waals surface area contributed by atoms with Gasteiger partial charge in [-0.2, -0.15) is 0 Å². The van der Waals surface area contributed by atoms with Crippen LogP contribution in [0.5, 0.6) is 5.75 Å².